The lowest BCUT2D eigenvalue weighted by molar-refractivity contribution is -0.326. The number of hydrogen-bond acceptors (Lipinski definition) is 11. The van der Waals surface area contributed by atoms with Crippen LogP contribution in [0.25, 0.3) is 0 Å². The van der Waals surface area contributed by atoms with E-state index in [1.807, 2.05) is 0 Å². The highest BCUT2D eigenvalue weighted by atomic mass is 33.1. The number of nitrogens with one attached hydrogen (secondary N) is 1. The van der Waals surface area contributed by atoms with E-state index in [1.165, 1.54) is 17.7 Å². The minimum atomic E-state index is -1.56. The Hall–Kier alpha value is -0.410. The van der Waals surface area contributed by atoms with Crippen molar-refractivity contribution in [2.24, 2.45) is 0 Å². The number of aliphatic hydroxyl groups excluding tert-OH is 4. The highest BCUT2D eigenvalue weighted by Crippen LogP contribution is 2.46. The first-order chi connectivity index (χ1) is 13.9. The molecule has 166 valence electrons. The molecule has 0 spiro atoms. The zero-order valence-corrected chi connectivity index (χ0v) is 17.5. The number of aliphatic hydroxyl groups is 4. The molecule has 10 nitrogen and oxygen atoms in total. The van der Waals surface area contributed by atoms with Crippen molar-refractivity contribution in [1.29, 1.82) is 0 Å². The molecule has 5 N–H and O–H groups in total. The molecule has 0 aliphatic carbocycles. The first kappa shape index (κ1) is 23.3. The molecule has 3 fully saturated rings. The molecule has 12 heteroatoms. The lowest BCUT2D eigenvalue weighted by Gasteiger charge is -2.47. The van der Waals surface area contributed by atoms with Crippen molar-refractivity contribution in [2.75, 3.05) is 19.0 Å². The molecule has 0 aromatic rings. The summed E-state index contributed by atoms with van der Waals surface area (Å²) in [6.07, 6.45) is -7.16. The van der Waals surface area contributed by atoms with Gasteiger partial charge in [0.1, 0.15) is 36.6 Å². The number of carbonyl (C=O) groups excluding carboxylic acids is 1. The molecule has 3 heterocycles. The second kappa shape index (κ2) is 10.3. The standard InChI is InChI=1S/C17H27NO9S2/c1-3-4-24-16-10(18-7(2)20)14(15-9(26-16)6-28-29-15)27-17-13(23)12(22)11(21)8(5-19)25-17/h3,8-17,19,21-23H,1,4-6H2,2H3,(H,18,20). The Morgan fingerprint density at radius 1 is 1.24 bits per heavy atom. The van der Waals surface area contributed by atoms with E-state index in [0.29, 0.717) is 5.75 Å². The Balaban J connectivity index is 1.83. The van der Waals surface area contributed by atoms with E-state index < -0.39 is 55.7 Å². The van der Waals surface area contributed by atoms with Crippen LogP contribution in [0.15, 0.2) is 12.7 Å². The molecule has 0 saturated carbocycles. The Morgan fingerprint density at radius 3 is 2.66 bits per heavy atom. The monoisotopic (exact) mass is 453 g/mol. The predicted octanol–water partition coefficient (Wildman–Crippen LogP) is -1.63. The number of amides is 1. The van der Waals surface area contributed by atoms with Crippen LogP contribution in [0.4, 0.5) is 0 Å². The number of carbonyl (C=O) groups is 1. The van der Waals surface area contributed by atoms with Gasteiger partial charge in [0.2, 0.25) is 5.91 Å². The number of ether oxygens (including phenoxy) is 4. The second-order valence-corrected chi connectivity index (χ2v) is 9.62. The topological polar surface area (TPSA) is 147 Å². The summed E-state index contributed by atoms with van der Waals surface area (Å²) in [6.45, 7) is 4.62. The van der Waals surface area contributed by atoms with E-state index in [0.717, 1.165) is 0 Å². The van der Waals surface area contributed by atoms with Gasteiger partial charge >= 0.3 is 0 Å². The van der Waals surface area contributed by atoms with Gasteiger partial charge in [0.25, 0.3) is 0 Å². The molecule has 0 aromatic carbocycles. The van der Waals surface area contributed by atoms with E-state index in [4.69, 9.17) is 18.9 Å². The van der Waals surface area contributed by atoms with Crippen molar-refractivity contribution >= 4 is 27.5 Å². The smallest absolute Gasteiger partial charge is 0.217 e. The lowest BCUT2D eigenvalue weighted by atomic mass is 9.97. The molecular weight excluding hydrogens is 426 g/mol. The summed E-state index contributed by atoms with van der Waals surface area (Å²) in [5, 5.41) is 42.4. The fourth-order valence-corrected chi connectivity index (χ4v) is 6.74. The van der Waals surface area contributed by atoms with Gasteiger partial charge in [0.15, 0.2) is 12.6 Å². The van der Waals surface area contributed by atoms with E-state index in [1.54, 1.807) is 16.9 Å². The maximum atomic E-state index is 11.8. The SMILES string of the molecule is C=CCOC1OC2CSSC2C(OC2OC(CO)C(O)C(O)C2O)C1NC(C)=O. The fourth-order valence-electron chi connectivity index (χ4n) is 3.53. The molecule has 29 heavy (non-hydrogen) atoms. The zero-order valence-electron chi connectivity index (χ0n) is 15.8. The average molecular weight is 454 g/mol. The van der Waals surface area contributed by atoms with Crippen molar-refractivity contribution in [3.8, 4) is 0 Å². The second-order valence-electron chi connectivity index (χ2n) is 7.03. The fraction of sp³-hybridized carbons (Fsp3) is 0.824. The third-order valence-electron chi connectivity index (χ3n) is 4.95. The van der Waals surface area contributed by atoms with Crippen LogP contribution in [0.3, 0.4) is 0 Å². The summed E-state index contributed by atoms with van der Waals surface area (Å²) in [5.74, 6) is 0.368. The molecule has 3 aliphatic heterocycles. The molecule has 3 rings (SSSR count). The number of hydrogen-bond donors (Lipinski definition) is 5. The van der Waals surface area contributed by atoms with Gasteiger partial charge < -0.3 is 44.7 Å². The van der Waals surface area contributed by atoms with Crippen LogP contribution in [0.1, 0.15) is 6.92 Å². The molecule has 0 radical (unpaired) electrons. The van der Waals surface area contributed by atoms with Crippen molar-refractivity contribution in [3.63, 3.8) is 0 Å². The van der Waals surface area contributed by atoms with Crippen molar-refractivity contribution in [3.05, 3.63) is 12.7 Å². The van der Waals surface area contributed by atoms with Gasteiger partial charge in [-0.05, 0) is 0 Å². The van der Waals surface area contributed by atoms with E-state index in [2.05, 4.69) is 11.9 Å². The van der Waals surface area contributed by atoms with Crippen molar-refractivity contribution < 1.29 is 44.2 Å². The molecule has 0 bridgehead atoms. The van der Waals surface area contributed by atoms with Gasteiger partial charge in [-0.1, -0.05) is 27.7 Å². The van der Waals surface area contributed by atoms with Crippen molar-refractivity contribution in [2.45, 2.75) is 67.4 Å². The first-order valence-electron chi connectivity index (χ1n) is 9.26. The van der Waals surface area contributed by atoms with Gasteiger partial charge in [-0.25, -0.2) is 0 Å². The third-order valence-corrected chi connectivity index (χ3v) is 7.82. The van der Waals surface area contributed by atoms with Crippen LogP contribution in [0.5, 0.6) is 0 Å². The minimum Gasteiger partial charge on any atom is -0.394 e. The molecule has 3 aliphatic rings. The van der Waals surface area contributed by atoms with E-state index in [-0.39, 0.29) is 23.9 Å². The van der Waals surface area contributed by atoms with Crippen LogP contribution >= 0.6 is 21.6 Å². The number of fused-ring (bicyclic) bond motifs is 1. The lowest BCUT2D eigenvalue weighted by Crippen LogP contribution is -2.66. The molecule has 0 aromatic heterocycles. The molecule has 10 unspecified atom stereocenters. The van der Waals surface area contributed by atoms with E-state index in [9.17, 15) is 25.2 Å². The summed E-state index contributed by atoms with van der Waals surface area (Å²) < 4.78 is 23.2. The number of rotatable bonds is 7. The molecule has 1 amide bonds. The van der Waals surface area contributed by atoms with Crippen molar-refractivity contribution in [1.82, 2.24) is 5.32 Å². The average Bonchev–Trinajstić information content (AvgIpc) is 3.16. The predicted molar refractivity (Wildman–Crippen MR) is 105 cm³/mol. The first-order valence-corrected chi connectivity index (χ1v) is 11.6. The largest absolute Gasteiger partial charge is 0.394 e. The Bertz CT molecular complexity index is 583. The minimum absolute atomic E-state index is 0.200. The molecule has 10 atom stereocenters. The van der Waals surface area contributed by atoms with Gasteiger partial charge in [-0.15, -0.1) is 6.58 Å². The summed E-state index contributed by atoms with van der Waals surface area (Å²) >= 11 is 0. The van der Waals surface area contributed by atoms with Gasteiger partial charge in [0.05, 0.1) is 24.6 Å². The Labute approximate surface area is 176 Å². The maximum Gasteiger partial charge on any atom is 0.217 e. The quantitative estimate of drug-likeness (QED) is 0.223. The van der Waals surface area contributed by atoms with Gasteiger partial charge in [0, 0.05) is 12.7 Å². The summed E-state index contributed by atoms with van der Waals surface area (Å²) in [4.78, 5) is 11.8. The maximum absolute atomic E-state index is 11.8. The van der Waals surface area contributed by atoms with Crippen LogP contribution in [-0.2, 0) is 23.7 Å². The highest BCUT2D eigenvalue weighted by Gasteiger charge is 2.53. The summed E-state index contributed by atoms with van der Waals surface area (Å²) in [5.41, 5.74) is 0. The van der Waals surface area contributed by atoms with Gasteiger partial charge in [-0.2, -0.15) is 0 Å². The summed E-state index contributed by atoms with van der Waals surface area (Å²) in [6, 6.07) is -0.715. The Morgan fingerprint density at radius 2 is 2.00 bits per heavy atom. The highest BCUT2D eigenvalue weighted by molar-refractivity contribution is 8.77. The zero-order chi connectivity index (χ0) is 21.1. The molecular formula is C17H27NO9S2. The third kappa shape index (κ3) is 5.09. The van der Waals surface area contributed by atoms with Crippen LogP contribution in [-0.4, -0.2) is 106 Å². The van der Waals surface area contributed by atoms with Crippen LogP contribution in [0.2, 0.25) is 0 Å². The normalized spacial score (nSPS) is 44.9. The molecule has 3 saturated heterocycles. The summed E-state index contributed by atoms with van der Waals surface area (Å²) in [7, 11) is 3.12. The van der Waals surface area contributed by atoms with Crippen LogP contribution < -0.4 is 5.32 Å². The van der Waals surface area contributed by atoms with Crippen LogP contribution in [0, 0.1) is 0 Å². The van der Waals surface area contributed by atoms with Gasteiger partial charge in [-0.3, -0.25) is 4.79 Å². The van der Waals surface area contributed by atoms with E-state index >= 15 is 0 Å². The Kier molecular flexibility index (Phi) is 8.23.